The minimum absolute atomic E-state index is 0.303. The summed E-state index contributed by atoms with van der Waals surface area (Å²) in [5.74, 6) is -0.303. The van der Waals surface area contributed by atoms with E-state index in [1.165, 1.54) is 0 Å². The highest BCUT2D eigenvalue weighted by Gasteiger charge is 1.97. The molecular weight excluding hydrogens is 176 g/mol. The first-order valence-corrected chi connectivity index (χ1v) is 3.95. The molecule has 1 rings (SSSR count). The monoisotopic (exact) mass is 184 g/mol. The highest BCUT2D eigenvalue weighted by atomic mass is 35.5. The number of rotatable bonds is 3. The Labute approximate surface area is 75.6 Å². The maximum Gasteiger partial charge on any atom is 0.217 e. The molecule has 0 bridgehead atoms. The van der Waals surface area contributed by atoms with Gasteiger partial charge in [-0.2, -0.15) is 0 Å². The summed E-state index contributed by atoms with van der Waals surface area (Å²) in [5.41, 5.74) is 5.97. The molecule has 0 saturated carbocycles. The molecule has 0 aliphatic rings. The summed E-state index contributed by atoms with van der Waals surface area (Å²) in [6.45, 7) is 0. The van der Waals surface area contributed by atoms with Crippen LogP contribution in [-0.4, -0.2) is 10.9 Å². The second kappa shape index (κ2) is 4.07. The molecule has 4 heteroatoms. The molecule has 1 aromatic heterocycles. The number of amides is 1. The lowest BCUT2D eigenvalue weighted by molar-refractivity contribution is -0.117. The van der Waals surface area contributed by atoms with Gasteiger partial charge in [-0.15, -0.1) is 0 Å². The lowest BCUT2D eigenvalue weighted by Gasteiger charge is -1.97. The van der Waals surface area contributed by atoms with Crippen LogP contribution in [0.3, 0.4) is 0 Å². The number of aromatic nitrogens is 1. The molecule has 12 heavy (non-hydrogen) atoms. The van der Waals surface area contributed by atoms with Gasteiger partial charge in [0.25, 0.3) is 0 Å². The Kier molecular flexibility index (Phi) is 3.05. The predicted molar refractivity (Wildman–Crippen MR) is 46.8 cm³/mol. The number of hydrogen-bond acceptors (Lipinski definition) is 2. The summed E-state index contributed by atoms with van der Waals surface area (Å²) in [4.78, 5) is 14.2. The molecule has 0 aromatic carbocycles. The Balaban J connectivity index is 2.57. The third kappa shape index (κ3) is 2.88. The number of aryl methyl sites for hydroxylation is 1. The molecule has 0 unspecified atom stereocenters. The first-order chi connectivity index (χ1) is 5.68. The summed E-state index contributed by atoms with van der Waals surface area (Å²) in [6, 6.07) is 3.54. The van der Waals surface area contributed by atoms with E-state index in [2.05, 4.69) is 4.98 Å². The van der Waals surface area contributed by atoms with E-state index >= 15 is 0 Å². The zero-order chi connectivity index (χ0) is 8.97. The van der Waals surface area contributed by atoms with Gasteiger partial charge in [-0.3, -0.25) is 4.79 Å². The minimum Gasteiger partial charge on any atom is -0.370 e. The Morgan fingerprint density at radius 3 is 3.00 bits per heavy atom. The van der Waals surface area contributed by atoms with E-state index in [1.807, 2.05) is 6.07 Å². The van der Waals surface area contributed by atoms with Crippen molar-refractivity contribution in [3.05, 3.63) is 29.0 Å². The van der Waals surface area contributed by atoms with Gasteiger partial charge in [-0.25, -0.2) is 4.98 Å². The van der Waals surface area contributed by atoms with Gasteiger partial charge in [0.2, 0.25) is 5.91 Å². The van der Waals surface area contributed by atoms with E-state index < -0.39 is 0 Å². The largest absolute Gasteiger partial charge is 0.370 e. The number of pyridine rings is 1. The van der Waals surface area contributed by atoms with Crippen LogP contribution in [0.1, 0.15) is 12.0 Å². The van der Waals surface area contributed by atoms with E-state index in [9.17, 15) is 4.79 Å². The molecule has 64 valence electrons. The van der Waals surface area contributed by atoms with Crippen molar-refractivity contribution < 1.29 is 4.79 Å². The first kappa shape index (κ1) is 9.00. The fourth-order valence-electron chi connectivity index (χ4n) is 0.866. The molecule has 2 N–H and O–H groups in total. The molecule has 0 atom stereocenters. The molecule has 0 aliphatic carbocycles. The molecule has 0 radical (unpaired) electrons. The van der Waals surface area contributed by atoms with Crippen LogP contribution < -0.4 is 5.73 Å². The zero-order valence-corrected chi connectivity index (χ0v) is 7.21. The molecule has 0 fully saturated rings. The van der Waals surface area contributed by atoms with Gasteiger partial charge in [-0.05, 0) is 24.1 Å². The van der Waals surface area contributed by atoms with Gasteiger partial charge >= 0.3 is 0 Å². The van der Waals surface area contributed by atoms with Gasteiger partial charge in [-0.1, -0.05) is 11.6 Å². The van der Waals surface area contributed by atoms with Crippen molar-refractivity contribution in [3.63, 3.8) is 0 Å². The minimum atomic E-state index is -0.303. The molecule has 1 aromatic rings. The van der Waals surface area contributed by atoms with E-state index in [-0.39, 0.29) is 5.91 Å². The predicted octanol–water partition coefficient (Wildman–Crippen LogP) is 1.15. The molecule has 1 amide bonds. The molecular formula is C8H9ClN2O. The zero-order valence-electron chi connectivity index (χ0n) is 6.46. The van der Waals surface area contributed by atoms with Crippen LogP contribution in [0.15, 0.2) is 18.3 Å². The molecule has 0 aliphatic heterocycles. The van der Waals surface area contributed by atoms with Crippen LogP contribution in [-0.2, 0) is 11.2 Å². The standard InChI is InChI=1S/C8H9ClN2O/c9-7-5-6(3-4-11-7)1-2-8(10)12/h3-5H,1-2H2,(H2,10,12). The average Bonchev–Trinajstić information content (AvgIpc) is 2.01. The Bertz CT molecular complexity index is 288. The van der Waals surface area contributed by atoms with E-state index in [0.717, 1.165) is 5.56 Å². The van der Waals surface area contributed by atoms with E-state index in [4.69, 9.17) is 17.3 Å². The summed E-state index contributed by atoms with van der Waals surface area (Å²) in [6.07, 6.45) is 2.58. The SMILES string of the molecule is NC(=O)CCc1ccnc(Cl)c1. The lowest BCUT2D eigenvalue weighted by Crippen LogP contribution is -2.11. The maximum absolute atomic E-state index is 10.4. The van der Waals surface area contributed by atoms with Gasteiger partial charge in [0, 0.05) is 12.6 Å². The smallest absolute Gasteiger partial charge is 0.217 e. The lowest BCUT2D eigenvalue weighted by atomic mass is 10.1. The summed E-state index contributed by atoms with van der Waals surface area (Å²) in [7, 11) is 0. The van der Waals surface area contributed by atoms with Crippen molar-refractivity contribution in [3.8, 4) is 0 Å². The van der Waals surface area contributed by atoms with E-state index in [1.54, 1.807) is 12.3 Å². The van der Waals surface area contributed by atoms with Crippen molar-refractivity contribution in [2.75, 3.05) is 0 Å². The van der Waals surface area contributed by atoms with Crippen LogP contribution >= 0.6 is 11.6 Å². The molecule has 3 nitrogen and oxygen atoms in total. The van der Waals surface area contributed by atoms with Gasteiger partial charge < -0.3 is 5.73 Å². The summed E-state index contributed by atoms with van der Waals surface area (Å²) in [5, 5.41) is 0.442. The highest BCUT2D eigenvalue weighted by molar-refractivity contribution is 6.29. The molecule has 1 heterocycles. The Morgan fingerprint density at radius 2 is 2.42 bits per heavy atom. The first-order valence-electron chi connectivity index (χ1n) is 3.57. The number of nitrogens with zero attached hydrogens (tertiary/aromatic N) is 1. The van der Waals surface area contributed by atoms with Crippen LogP contribution in [0.2, 0.25) is 5.15 Å². The fraction of sp³-hybridized carbons (Fsp3) is 0.250. The van der Waals surface area contributed by atoms with Gasteiger partial charge in [0.05, 0.1) is 0 Å². The van der Waals surface area contributed by atoms with Gasteiger partial charge in [0.15, 0.2) is 0 Å². The van der Waals surface area contributed by atoms with Gasteiger partial charge in [0.1, 0.15) is 5.15 Å². The number of carbonyl (C=O) groups excluding carboxylic acids is 1. The number of halogens is 1. The average molecular weight is 185 g/mol. The molecule has 0 saturated heterocycles. The van der Waals surface area contributed by atoms with Crippen LogP contribution in [0.25, 0.3) is 0 Å². The molecule has 0 spiro atoms. The topological polar surface area (TPSA) is 56.0 Å². The van der Waals surface area contributed by atoms with Crippen molar-refractivity contribution >= 4 is 17.5 Å². The summed E-state index contributed by atoms with van der Waals surface area (Å²) >= 11 is 5.63. The van der Waals surface area contributed by atoms with Crippen LogP contribution in [0.5, 0.6) is 0 Å². The summed E-state index contributed by atoms with van der Waals surface area (Å²) < 4.78 is 0. The van der Waals surface area contributed by atoms with Crippen LogP contribution in [0, 0.1) is 0 Å². The third-order valence-corrected chi connectivity index (χ3v) is 1.66. The number of primary amides is 1. The number of carbonyl (C=O) groups is 1. The number of nitrogens with two attached hydrogens (primary N) is 1. The normalized spacial score (nSPS) is 9.75. The fourth-order valence-corrected chi connectivity index (χ4v) is 1.06. The highest BCUT2D eigenvalue weighted by Crippen LogP contribution is 2.08. The Hall–Kier alpha value is -1.09. The number of hydrogen-bond donors (Lipinski definition) is 1. The van der Waals surface area contributed by atoms with Crippen molar-refractivity contribution in [2.24, 2.45) is 5.73 Å². The van der Waals surface area contributed by atoms with Crippen LogP contribution in [0.4, 0.5) is 0 Å². The Morgan fingerprint density at radius 1 is 1.67 bits per heavy atom. The quantitative estimate of drug-likeness (QED) is 0.717. The second-order valence-electron chi connectivity index (χ2n) is 2.45. The van der Waals surface area contributed by atoms with Crippen molar-refractivity contribution in [2.45, 2.75) is 12.8 Å². The van der Waals surface area contributed by atoms with Crippen molar-refractivity contribution in [1.82, 2.24) is 4.98 Å². The maximum atomic E-state index is 10.4. The third-order valence-electron chi connectivity index (χ3n) is 1.45. The second-order valence-corrected chi connectivity index (χ2v) is 2.84. The van der Waals surface area contributed by atoms with Crippen molar-refractivity contribution in [1.29, 1.82) is 0 Å². The van der Waals surface area contributed by atoms with E-state index in [0.29, 0.717) is 18.0 Å².